The molecule has 1 aromatic carbocycles. The third kappa shape index (κ3) is 8.15. The molecule has 0 aliphatic carbocycles. The van der Waals surface area contributed by atoms with Crippen LogP contribution in [0.1, 0.15) is 38.3 Å². The van der Waals surface area contributed by atoms with E-state index in [1.807, 2.05) is 33.9 Å². The second-order valence-corrected chi connectivity index (χ2v) is 5.89. The van der Waals surface area contributed by atoms with E-state index in [-0.39, 0.29) is 6.09 Å². The van der Waals surface area contributed by atoms with E-state index in [1.54, 1.807) is 0 Å². The van der Waals surface area contributed by atoms with Gasteiger partial charge in [0.2, 0.25) is 0 Å². The molecule has 0 heterocycles. The van der Waals surface area contributed by atoms with E-state index in [0.717, 1.165) is 18.5 Å². The van der Waals surface area contributed by atoms with Crippen LogP contribution >= 0.6 is 0 Å². The second-order valence-electron chi connectivity index (χ2n) is 5.89. The maximum atomic E-state index is 11.4. The summed E-state index contributed by atoms with van der Waals surface area (Å²) in [5.74, 6) is 0. The lowest BCUT2D eigenvalue weighted by Gasteiger charge is -2.19. The Morgan fingerprint density at radius 1 is 1.24 bits per heavy atom. The van der Waals surface area contributed by atoms with Crippen LogP contribution in [0.4, 0.5) is 4.79 Å². The standard InChI is InChI=1S/C17H26N2O2/c1-17(2,3)21-16(20)19-12-6-5-7-14-8-10-15(11-9-14)13-18-4/h5,7-11,18H,6,12-13H2,1-4H3,(H,19,20). The van der Waals surface area contributed by atoms with Crippen LogP contribution < -0.4 is 10.6 Å². The van der Waals surface area contributed by atoms with Crippen molar-refractivity contribution in [3.63, 3.8) is 0 Å². The van der Waals surface area contributed by atoms with Crippen LogP contribution in [0.2, 0.25) is 0 Å². The van der Waals surface area contributed by atoms with Crippen LogP contribution in [0.3, 0.4) is 0 Å². The number of carbonyl (C=O) groups excluding carboxylic acids is 1. The van der Waals surface area contributed by atoms with Gasteiger partial charge in [-0.3, -0.25) is 0 Å². The van der Waals surface area contributed by atoms with Crippen LogP contribution in [0, 0.1) is 0 Å². The number of hydrogen-bond donors (Lipinski definition) is 2. The van der Waals surface area contributed by atoms with Gasteiger partial charge in [0.25, 0.3) is 0 Å². The molecule has 0 radical (unpaired) electrons. The molecule has 116 valence electrons. The zero-order chi connectivity index (χ0) is 15.7. The van der Waals surface area contributed by atoms with E-state index in [4.69, 9.17) is 4.74 Å². The molecule has 21 heavy (non-hydrogen) atoms. The van der Waals surface area contributed by atoms with Crippen LogP contribution in [0.5, 0.6) is 0 Å². The first-order valence-corrected chi connectivity index (χ1v) is 7.27. The highest BCUT2D eigenvalue weighted by Gasteiger charge is 2.14. The lowest BCUT2D eigenvalue weighted by Crippen LogP contribution is -2.32. The van der Waals surface area contributed by atoms with Gasteiger partial charge < -0.3 is 15.4 Å². The van der Waals surface area contributed by atoms with Crippen molar-refractivity contribution >= 4 is 12.2 Å². The van der Waals surface area contributed by atoms with Gasteiger partial charge in [-0.1, -0.05) is 36.4 Å². The Balaban J connectivity index is 2.27. The molecule has 4 heteroatoms. The maximum absolute atomic E-state index is 11.4. The zero-order valence-electron chi connectivity index (χ0n) is 13.4. The molecular weight excluding hydrogens is 264 g/mol. The Bertz CT molecular complexity index is 459. The number of alkyl carbamates (subject to hydrolysis) is 1. The fraction of sp³-hybridized carbons (Fsp3) is 0.471. The highest BCUT2D eigenvalue weighted by atomic mass is 16.6. The SMILES string of the molecule is CNCc1ccc(C=CCCNC(=O)OC(C)(C)C)cc1. The van der Waals surface area contributed by atoms with Gasteiger partial charge in [0, 0.05) is 13.1 Å². The first-order chi connectivity index (χ1) is 9.90. The molecule has 0 aliphatic heterocycles. The first-order valence-electron chi connectivity index (χ1n) is 7.27. The van der Waals surface area contributed by atoms with Gasteiger partial charge in [0.05, 0.1) is 0 Å². The minimum absolute atomic E-state index is 0.368. The third-order valence-corrected chi connectivity index (χ3v) is 2.65. The molecule has 0 saturated carbocycles. The van der Waals surface area contributed by atoms with Gasteiger partial charge in [-0.05, 0) is 45.4 Å². The van der Waals surface area contributed by atoms with E-state index >= 15 is 0 Å². The topological polar surface area (TPSA) is 50.4 Å². The smallest absolute Gasteiger partial charge is 0.407 e. The molecule has 2 N–H and O–H groups in total. The molecule has 0 fully saturated rings. The van der Waals surface area contributed by atoms with E-state index in [1.165, 1.54) is 5.56 Å². The van der Waals surface area contributed by atoms with Crippen LogP contribution in [-0.4, -0.2) is 25.3 Å². The molecule has 1 amide bonds. The van der Waals surface area contributed by atoms with Crippen molar-refractivity contribution in [2.24, 2.45) is 0 Å². The summed E-state index contributed by atoms with van der Waals surface area (Å²) in [7, 11) is 1.94. The van der Waals surface area contributed by atoms with Crippen molar-refractivity contribution in [1.29, 1.82) is 0 Å². The maximum Gasteiger partial charge on any atom is 0.407 e. The van der Waals surface area contributed by atoms with Gasteiger partial charge in [-0.25, -0.2) is 4.79 Å². The molecule has 0 unspecified atom stereocenters. The lowest BCUT2D eigenvalue weighted by molar-refractivity contribution is 0.0529. The molecule has 0 aromatic heterocycles. The number of nitrogens with one attached hydrogen (secondary N) is 2. The highest BCUT2D eigenvalue weighted by Crippen LogP contribution is 2.07. The molecule has 0 aliphatic rings. The van der Waals surface area contributed by atoms with Gasteiger partial charge in [-0.15, -0.1) is 0 Å². The number of carbonyl (C=O) groups is 1. The van der Waals surface area contributed by atoms with Crippen molar-refractivity contribution in [1.82, 2.24) is 10.6 Å². The van der Waals surface area contributed by atoms with Crippen molar-refractivity contribution in [2.45, 2.75) is 39.3 Å². The Morgan fingerprint density at radius 3 is 2.48 bits per heavy atom. The highest BCUT2D eigenvalue weighted by molar-refractivity contribution is 5.67. The van der Waals surface area contributed by atoms with Crippen molar-refractivity contribution in [3.05, 3.63) is 41.5 Å². The summed E-state index contributed by atoms with van der Waals surface area (Å²) in [6.45, 7) is 7.01. The summed E-state index contributed by atoms with van der Waals surface area (Å²) < 4.78 is 5.16. The first kappa shape index (κ1) is 17.2. The fourth-order valence-electron chi connectivity index (χ4n) is 1.74. The van der Waals surface area contributed by atoms with Crippen LogP contribution in [0.25, 0.3) is 6.08 Å². The Hall–Kier alpha value is -1.81. The Labute approximate surface area is 127 Å². The van der Waals surface area contributed by atoms with Crippen molar-refractivity contribution < 1.29 is 9.53 Å². The molecular formula is C17H26N2O2. The largest absolute Gasteiger partial charge is 0.444 e. The molecule has 1 aromatic rings. The predicted octanol–water partition coefficient (Wildman–Crippen LogP) is 3.33. The van der Waals surface area contributed by atoms with Crippen molar-refractivity contribution in [3.8, 4) is 0 Å². The lowest BCUT2D eigenvalue weighted by atomic mass is 10.1. The van der Waals surface area contributed by atoms with Crippen LogP contribution in [0.15, 0.2) is 30.3 Å². The predicted molar refractivity (Wildman–Crippen MR) is 87.1 cm³/mol. The third-order valence-electron chi connectivity index (χ3n) is 2.65. The van der Waals surface area contributed by atoms with Crippen molar-refractivity contribution in [2.75, 3.05) is 13.6 Å². The van der Waals surface area contributed by atoms with Gasteiger partial charge in [-0.2, -0.15) is 0 Å². The summed E-state index contributed by atoms with van der Waals surface area (Å²) >= 11 is 0. The number of ether oxygens (including phenoxy) is 1. The van der Waals surface area contributed by atoms with E-state index < -0.39 is 5.60 Å². The summed E-state index contributed by atoms with van der Waals surface area (Å²) in [5, 5.41) is 5.85. The number of hydrogen-bond acceptors (Lipinski definition) is 3. The van der Waals surface area contributed by atoms with Gasteiger partial charge in [0.15, 0.2) is 0 Å². The summed E-state index contributed by atoms with van der Waals surface area (Å²) in [4.78, 5) is 11.4. The summed E-state index contributed by atoms with van der Waals surface area (Å²) in [5.41, 5.74) is 1.98. The van der Waals surface area contributed by atoms with Gasteiger partial charge in [0.1, 0.15) is 5.60 Å². The van der Waals surface area contributed by atoms with E-state index in [2.05, 4.69) is 41.0 Å². The molecule has 1 rings (SSSR count). The number of rotatable bonds is 6. The second kappa shape index (κ2) is 8.47. The fourth-order valence-corrected chi connectivity index (χ4v) is 1.74. The monoisotopic (exact) mass is 290 g/mol. The minimum atomic E-state index is -0.449. The minimum Gasteiger partial charge on any atom is -0.444 e. The zero-order valence-corrected chi connectivity index (χ0v) is 13.4. The van der Waals surface area contributed by atoms with E-state index in [9.17, 15) is 4.79 Å². The number of amides is 1. The van der Waals surface area contributed by atoms with E-state index in [0.29, 0.717) is 6.54 Å². The molecule has 4 nitrogen and oxygen atoms in total. The Morgan fingerprint density at radius 2 is 1.90 bits per heavy atom. The molecule has 0 bridgehead atoms. The average Bonchev–Trinajstić information content (AvgIpc) is 2.38. The average molecular weight is 290 g/mol. The number of benzene rings is 1. The molecule has 0 saturated heterocycles. The summed E-state index contributed by atoms with van der Waals surface area (Å²) in [6, 6.07) is 8.39. The quantitative estimate of drug-likeness (QED) is 0.790. The van der Waals surface area contributed by atoms with Crippen LogP contribution in [-0.2, 0) is 11.3 Å². The summed E-state index contributed by atoms with van der Waals surface area (Å²) in [6.07, 6.45) is 4.51. The molecule has 0 atom stereocenters. The molecule has 0 spiro atoms. The normalized spacial score (nSPS) is 11.6. The van der Waals surface area contributed by atoms with Gasteiger partial charge >= 0.3 is 6.09 Å². The Kier molecular flexibility index (Phi) is 6.96.